The molecule has 1 aliphatic rings. The number of thiazole rings is 1. The topological polar surface area (TPSA) is 109 Å². The number of carboxylic acid groups (broad SMARTS) is 1. The molecule has 9 heteroatoms. The van der Waals surface area contributed by atoms with Gasteiger partial charge in [0.05, 0.1) is 11.0 Å². The van der Waals surface area contributed by atoms with Crippen LogP contribution < -0.4 is 10.3 Å². The zero-order chi connectivity index (χ0) is 18.6. The number of anilines is 1. The van der Waals surface area contributed by atoms with E-state index in [1.807, 2.05) is 4.90 Å². The van der Waals surface area contributed by atoms with Gasteiger partial charge in [0.1, 0.15) is 11.4 Å². The SMILES string of the molecule is Cc1cc(N2CC(C)(O)C2)nc2c1c(=O)c(C(=O)O)cn2-c1nccs1. The minimum Gasteiger partial charge on any atom is -0.477 e. The molecule has 26 heavy (non-hydrogen) atoms. The van der Waals surface area contributed by atoms with Crippen molar-refractivity contribution in [3.63, 3.8) is 0 Å². The van der Waals surface area contributed by atoms with Crippen LogP contribution in [0.1, 0.15) is 22.8 Å². The first-order valence-corrected chi connectivity index (χ1v) is 8.82. The number of pyridine rings is 2. The molecule has 0 spiro atoms. The monoisotopic (exact) mass is 372 g/mol. The van der Waals surface area contributed by atoms with Gasteiger partial charge in [-0.1, -0.05) is 0 Å². The molecule has 0 aliphatic carbocycles. The molecule has 1 fully saturated rings. The second-order valence-electron chi connectivity index (χ2n) is 6.71. The number of aromatic nitrogens is 3. The van der Waals surface area contributed by atoms with Gasteiger partial charge in [-0.15, -0.1) is 11.3 Å². The van der Waals surface area contributed by atoms with Crippen molar-refractivity contribution < 1.29 is 15.0 Å². The van der Waals surface area contributed by atoms with Crippen LogP contribution >= 0.6 is 11.3 Å². The molecule has 3 aromatic heterocycles. The molecule has 0 aromatic carbocycles. The molecule has 4 heterocycles. The van der Waals surface area contributed by atoms with E-state index in [1.165, 1.54) is 17.5 Å². The number of nitrogens with zero attached hydrogens (tertiary/aromatic N) is 4. The molecule has 0 bridgehead atoms. The maximum Gasteiger partial charge on any atom is 0.341 e. The molecule has 8 nitrogen and oxygen atoms in total. The zero-order valence-corrected chi connectivity index (χ0v) is 14.9. The second kappa shape index (κ2) is 5.61. The van der Waals surface area contributed by atoms with E-state index in [1.54, 1.807) is 36.1 Å². The highest BCUT2D eigenvalue weighted by atomic mass is 32.1. The molecular formula is C17H16N4O4S. The number of hydrogen-bond acceptors (Lipinski definition) is 7. The molecule has 1 aliphatic heterocycles. The van der Waals surface area contributed by atoms with Crippen molar-refractivity contribution in [1.29, 1.82) is 0 Å². The van der Waals surface area contributed by atoms with Crippen LogP contribution in [-0.2, 0) is 0 Å². The van der Waals surface area contributed by atoms with Gasteiger partial charge in [0.25, 0.3) is 0 Å². The van der Waals surface area contributed by atoms with Gasteiger partial charge < -0.3 is 15.1 Å². The first kappa shape index (κ1) is 16.7. The van der Waals surface area contributed by atoms with E-state index in [-0.39, 0.29) is 10.9 Å². The molecule has 134 valence electrons. The van der Waals surface area contributed by atoms with Gasteiger partial charge in [0.15, 0.2) is 10.8 Å². The molecule has 2 N–H and O–H groups in total. The summed E-state index contributed by atoms with van der Waals surface area (Å²) < 4.78 is 1.54. The van der Waals surface area contributed by atoms with Crippen LogP contribution in [0.3, 0.4) is 0 Å². The highest BCUT2D eigenvalue weighted by Gasteiger charge is 2.37. The Balaban J connectivity index is 2.01. The summed E-state index contributed by atoms with van der Waals surface area (Å²) in [5.74, 6) is -0.654. The number of aryl methyl sites for hydroxylation is 1. The third kappa shape index (κ3) is 2.56. The number of β-amino-alcohol motifs (C(OH)–C–C–N with tert-alkyl or cyclic N) is 1. The largest absolute Gasteiger partial charge is 0.477 e. The fraction of sp³-hybridized carbons (Fsp3) is 0.294. The minimum absolute atomic E-state index is 0.260. The van der Waals surface area contributed by atoms with Crippen LogP contribution in [0.5, 0.6) is 0 Å². The van der Waals surface area contributed by atoms with Gasteiger partial charge in [-0.3, -0.25) is 9.36 Å². The Morgan fingerprint density at radius 1 is 1.38 bits per heavy atom. The zero-order valence-electron chi connectivity index (χ0n) is 14.1. The van der Waals surface area contributed by atoms with Gasteiger partial charge in [-0.05, 0) is 25.5 Å². The minimum atomic E-state index is -1.29. The van der Waals surface area contributed by atoms with Crippen molar-refractivity contribution in [1.82, 2.24) is 14.5 Å². The molecule has 0 atom stereocenters. The van der Waals surface area contributed by atoms with E-state index in [2.05, 4.69) is 9.97 Å². The van der Waals surface area contributed by atoms with Crippen molar-refractivity contribution in [3.05, 3.63) is 45.2 Å². The lowest BCUT2D eigenvalue weighted by molar-refractivity contribution is 0.0305. The maximum absolute atomic E-state index is 12.7. The van der Waals surface area contributed by atoms with E-state index < -0.39 is 17.0 Å². The number of aromatic carboxylic acids is 1. The average molecular weight is 372 g/mol. The lowest BCUT2D eigenvalue weighted by Crippen LogP contribution is -2.60. The predicted molar refractivity (Wildman–Crippen MR) is 97.5 cm³/mol. The summed E-state index contributed by atoms with van der Waals surface area (Å²) in [5.41, 5.74) is -0.650. The Labute approximate surface area is 152 Å². The number of fused-ring (bicyclic) bond motifs is 1. The fourth-order valence-corrected chi connectivity index (χ4v) is 3.83. The highest BCUT2D eigenvalue weighted by molar-refractivity contribution is 7.12. The molecule has 4 rings (SSSR count). The molecule has 0 saturated carbocycles. The molecule has 0 unspecified atom stereocenters. The Bertz CT molecular complexity index is 1080. The van der Waals surface area contributed by atoms with Crippen LogP contribution in [0, 0.1) is 6.92 Å². The number of rotatable bonds is 3. The lowest BCUT2D eigenvalue weighted by atomic mass is 9.97. The first-order valence-electron chi connectivity index (χ1n) is 7.94. The van der Waals surface area contributed by atoms with Crippen molar-refractivity contribution in [3.8, 4) is 5.13 Å². The molecule has 3 aromatic rings. The van der Waals surface area contributed by atoms with Gasteiger partial charge in [0, 0.05) is 30.9 Å². The van der Waals surface area contributed by atoms with Crippen LogP contribution in [-0.4, -0.2) is 49.4 Å². The second-order valence-corrected chi connectivity index (χ2v) is 7.58. The molecule has 1 saturated heterocycles. The summed E-state index contributed by atoms with van der Waals surface area (Å²) in [6.07, 6.45) is 2.88. The van der Waals surface area contributed by atoms with Crippen LogP contribution in [0.2, 0.25) is 0 Å². The van der Waals surface area contributed by atoms with Crippen LogP contribution in [0.25, 0.3) is 16.2 Å². The number of aliphatic hydroxyl groups is 1. The Kier molecular flexibility index (Phi) is 3.60. The fourth-order valence-electron chi connectivity index (χ4n) is 3.21. The van der Waals surface area contributed by atoms with E-state index in [4.69, 9.17) is 0 Å². The van der Waals surface area contributed by atoms with Crippen LogP contribution in [0.4, 0.5) is 5.82 Å². The normalized spacial score (nSPS) is 15.9. The summed E-state index contributed by atoms with van der Waals surface area (Å²) >= 11 is 1.32. The molecule has 0 radical (unpaired) electrons. The van der Waals surface area contributed by atoms with Crippen molar-refractivity contribution in [2.45, 2.75) is 19.4 Å². The third-order valence-corrected chi connectivity index (χ3v) is 5.16. The summed E-state index contributed by atoms with van der Waals surface area (Å²) in [6, 6.07) is 1.75. The first-order chi connectivity index (χ1) is 12.3. The number of carboxylic acids is 1. The summed E-state index contributed by atoms with van der Waals surface area (Å²) in [5, 5.41) is 21.9. The van der Waals surface area contributed by atoms with Gasteiger partial charge >= 0.3 is 5.97 Å². The maximum atomic E-state index is 12.7. The third-order valence-electron chi connectivity index (χ3n) is 4.38. The van der Waals surface area contributed by atoms with E-state index in [0.29, 0.717) is 35.2 Å². The van der Waals surface area contributed by atoms with Crippen molar-refractivity contribution in [2.24, 2.45) is 0 Å². The Morgan fingerprint density at radius 2 is 2.12 bits per heavy atom. The van der Waals surface area contributed by atoms with Gasteiger partial charge in [-0.2, -0.15) is 0 Å². The van der Waals surface area contributed by atoms with E-state index >= 15 is 0 Å². The smallest absolute Gasteiger partial charge is 0.341 e. The standard InChI is InChI=1S/C17H16N4O4S/c1-9-5-11(20-7-17(2,25)8-20)19-14-12(9)13(22)10(15(23)24)6-21(14)16-18-3-4-26-16/h3-6,25H,7-8H2,1-2H3,(H,23,24). The summed E-state index contributed by atoms with van der Waals surface area (Å²) in [6.45, 7) is 4.39. The average Bonchev–Trinajstić information content (AvgIpc) is 3.06. The van der Waals surface area contributed by atoms with E-state index in [9.17, 15) is 19.8 Å². The Hall–Kier alpha value is -2.78. The van der Waals surface area contributed by atoms with Gasteiger partial charge in [-0.25, -0.2) is 14.8 Å². The van der Waals surface area contributed by atoms with Crippen molar-refractivity contribution in [2.75, 3.05) is 18.0 Å². The van der Waals surface area contributed by atoms with Crippen LogP contribution in [0.15, 0.2) is 28.6 Å². The Morgan fingerprint density at radius 3 is 2.69 bits per heavy atom. The van der Waals surface area contributed by atoms with E-state index in [0.717, 1.165) is 0 Å². The molecular weight excluding hydrogens is 356 g/mol. The van der Waals surface area contributed by atoms with Gasteiger partial charge in [0.2, 0.25) is 5.43 Å². The number of carbonyl (C=O) groups is 1. The quantitative estimate of drug-likeness (QED) is 0.716. The van der Waals surface area contributed by atoms with Crippen molar-refractivity contribution >= 4 is 34.2 Å². The highest BCUT2D eigenvalue weighted by Crippen LogP contribution is 2.29. The summed E-state index contributed by atoms with van der Waals surface area (Å²) in [7, 11) is 0. The lowest BCUT2D eigenvalue weighted by Gasteiger charge is -2.45. The molecule has 0 amide bonds. The number of hydrogen-bond donors (Lipinski definition) is 2. The predicted octanol–water partition coefficient (Wildman–Crippen LogP) is 1.42. The summed E-state index contributed by atoms with van der Waals surface area (Å²) in [4.78, 5) is 34.9.